The summed E-state index contributed by atoms with van der Waals surface area (Å²) < 4.78 is 4.85. The van der Waals surface area contributed by atoms with E-state index in [1.807, 2.05) is 0 Å². The summed E-state index contributed by atoms with van der Waals surface area (Å²) in [6.45, 7) is -0.439. The highest BCUT2D eigenvalue weighted by Gasteiger charge is 2.42. The molecule has 0 aromatic rings. The fourth-order valence-corrected chi connectivity index (χ4v) is 1.41. The number of hydrogen-bond donors (Lipinski definition) is 5. The van der Waals surface area contributed by atoms with Crippen molar-refractivity contribution in [1.82, 2.24) is 5.32 Å². The van der Waals surface area contributed by atoms with Gasteiger partial charge in [-0.15, -0.1) is 12.4 Å². The van der Waals surface area contributed by atoms with Gasteiger partial charge in [0.1, 0.15) is 18.3 Å². The summed E-state index contributed by atoms with van der Waals surface area (Å²) in [7, 11) is 1.53. The Morgan fingerprint density at radius 3 is 2.21 bits per heavy atom. The SMILES string of the molecule is CN[C@H]1[C@H](O)[C@@H](O)[C@H](CO)O[C@H]1O.Cl. The molecule has 0 unspecified atom stereocenters. The lowest BCUT2D eigenvalue weighted by Gasteiger charge is -2.39. The average molecular weight is 230 g/mol. The molecule has 0 aromatic heterocycles. The minimum Gasteiger partial charge on any atom is -0.394 e. The van der Waals surface area contributed by atoms with Crippen molar-refractivity contribution < 1.29 is 25.2 Å². The van der Waals surface area contributed by atoms with E-state index in [0.717, 1.165) is 0 Å². The Hall–Kier alpha value is 0.0500. The molecule has 1 saturated heterocycles. The minimum absolute atomic E-state index is 0. The van der Waals surface area contributed by atoms with Gasteiger partial charge in [0.05, 0.1) is 12.6 Å². The first-order valence-electron chi connectivity index (χ1n) is 4.09. The molecule has 14 heavy (non-hydrogen) atoms. The predicted octanol–water partition coefficient (Wildman–Crippen LogP) is -2.57. The maximum Gasteiger partial charge on any atom is 0.173 e. The number of aliphatic hydroxyl groups is 4. The van der Waals surface area contributed by atoms with Crippen LogP contribution in [0.1, 0.15) is 0 Å². The fourth-order valence-electron chi connectivity index (χ4n) is 1.41. The molecular formula is C7H16ClNO5. The predicted molar refractivity (Wildman–Crippen MR) is 50.1 cm³/mol. The molecule has 6 nitrogen and oxygen atoms in total. The van der Waals surface area contributed by atoms with E-state index >= 15 is 0 Å². The molecular weight excluding hydrogens is 214 g/mol. The molecule has 0 bridgehead atoms. The molecule has 0 spiro atoms. The third-order valence-electron chi connectivity index (χ3n) is 2.23. The van der Waals surface area contributed by atoms with Crippen molar-refractivity contribution in [3.8, 4) is 0 Å². The van der Waals surface area contributed by atoms with Crippen LogP contribution in [-0.2, 0) is 4.74 Å². The molecule has 0 aliphatic carbocycles. The average Bonchev–Trinajstić information content (AvgIpc) is 2.12. The van der Waals surface area contributed by atoms with Gasteiger partial charge in [0.25, 0.3) is 0 Å². The summed E-state index contributed by atoms with van der Waals surface area (Å²) in [5.74, 6) is 0. The lowest BCUT2D eigenvalue weighted by Crippen LogP contribution is -2.62. The summed E-state index contributed by atoms with van der Waals surface area (Å²) in [6, 6.07) is -0.738. The van der Waals surface area contributed by atoms with E-state index in [4.69, 9.17) is 9.84 Å². The van der Waals surface area contributed by atoms with E-state index < -0.39 is 37.3 Å². The third-order valence-corrected chi connectivity index (χ3v) is 2.23. The molecule has 86 valence electrons. The van der Waals surface area contributed by atoms with Gasteiger partial charge in [0, 0.05) is 0 Å². The van der Waals surface area contributed by atoms with Crippen molar-refractivity contribution >= 4 is 12.4 Å². The lowest BCUT2D eigenvalue weighted by atomic mass is 9.97. The van der Waals surface area contributed by atoms with Crippen LogP contribution in [-0.4, -0.2) is 64.7 Å². The second-order valence-electron chi connectivity index (χ2n) is 3.04. The Kier molecular flexibility index (Phi) is 5.84. The van der Waals surface area contributed by atoms with Gasteiger partial charge in [-0.25, -0.2) is 0 Å². The van der Waals surface area contributed by atoms with Crippen LogP contribution in [0.2, 0.25) is 0 Å². The second kappa shape index (κ2) is 5.82. The summed E-state index contributed by atoms with van der Waals surface area (Å²) in [5, 5.41) is 39.4. The highest BCUT2D eigenvalue weighted by Crippen LogP contribution is 2.18. The number of nitrogens with one attached hydrogen (secondary N) is 1. The van der Waals surface area contributed by atoms with E-state index in [2.05, 4.69) is 5.32 Å². The first-order chi connectivity index (χ1) is 6.11. The molecule has 5 N–H and O–H groups in total. The van der Waals surface area contributed by atoms with Gasteiger partial charge in [0.15, 0.2) is 6.29 Å². The third kappa shape index (κ3) is 2.54. The van der Waals surface area contributed by atoms with Gasteiger partial charge in [-0.2, -0.15) is 0 Å². The van der Waals surface area contributed by atoms with Crippen LogP contribution in [0.3, 0.4) is 0 Å². The summed E-state index contributed by atoms with van der Waals surface area (Å²) in [4.78, 5) is 0. The van der Waals surface area contributed by atoms with E-state index in [1.54, 1.807) is 0 Å². The molecule has 1 heterocycles. The molecule has 0 radical (unpaired) electrons. The van der Waals surface area contributed by atoms with Crippen LogP contribution in [0, 0.1) is 0 Å². The number of likely N-dealkylation sites (N-methyl/N-ethyl adjacent to an activating group) is 1. The molecule has 0 saturated carbocycles. The molecule has 7 heteroatoms. The van der Waals surface area contributed by atoms with E-state index in [-0.39, 0.29) is 12.4 Å². The molecule has 1 rings (SSSR count). The number of hydrogen-bond acceptors (Lipinski definition) is 6. The molecule has 0 amide bonds. The highest BCUT2D eigenvalue weighted by molar-refractivity contribution is 5.85. The Labute approximate surface area is 87.9 Å². The summed E-state index contributed by atoms with van der Waals surface area (Å²) >= 11 is 0. The summed E-state index contributed by atoms with van der Waals surface area (Å²) in [5.41, 5.74) is 0. The van der Waals surface area contributed by atoms with Crippen LogP contribution < -0.4 is 5.32 Å². The first-order valence-corrected chi connectivity index (χ1v) is 4.09. The number of halogens is 1. The van der Waals surface area contributed by atoms with Crippen LogP contribution in [0.15, 0.2) is 0 Å². The van der Waals surface area contributed by atoms with Crippen molar-refractivity contribution in [3.63, 3.8) is 0 Å². The van der Waals surface area contributed by atoms with Crippen molar-refractivity contribution in [2.75, 3.05) is 13.7 Å². The Bertz CT molecular complexity index is 172. The number of aliphatic hydroxyl groups excluding tert-OH is 4. The second-order valence-corrected chi connectivity index (χ2v) is 3.04. The zero-order chi connectivity index (χ0) is 10.0. The summed E-state index contributed by atoms with van der Waals surface area (Å²) in [6.07, 6.45) is -4.49. The topological polar surface area (TPSA) is 102 Å². The van der Waals surface area contributed by atoms with Gasteiger partial charge < -0.3 is 30.5 Å². The van der Waals surface area contributed by atoms with E-state index in [1.165, 1.54) is 7.05 Å². The van der Waals surface area contributed by atoms with Crippen molar-refractivity contribution in [1.29, 1.82) is 0 Å². The maximum absolute atomic E-state index is 9.45. The monoisotopic (exact) mass is 229 g/mol. The number of rotatable bonds is 2. The van der Waals surface area contributed by atoms with Crippen molar-refractivity contribution in [2.24, 2.45) is 0 Å². The molecule has 0 aromatic carbocycles. The van der Waals surface area contributed by atoms with Crippen LogP contribution >= 0.6 is 12.4 Å². The quantitative estimate of drug-likeness (QED) is 0.357. The van der Waals surface area contributed by atoms with Crippen LogP contribution in [0.4, 0.5) is 0 Å². The molecule has 1 aliphatic heterocycles. The smallest absolute Gasteiger partial charge is 0.173 e. The Balaban J connectivity index is 0.00000169. The van der Waals surface area contributed by atoms with Gasteiger partial charge >= 0.3 is 0 Å². The zero-order valence-electron chi connectivity index (χ0n) is 7.70. The number of ether oxygens (including phenoxy) is 1. The maximum atomic E-state index is 9.45. The van der Waals surface area contributed by atoms with Crippen LogP contribution in [0.25, 0.3) is 0 Å². The fraction of sp³-hybridized carbons (Fsp3) is 1.00. The standard InChI is InChI=1S/C7H15NO5.ClH/c1-8-4-6(11)5(10)3(2-9)13-7(4)12;/h3-12H,2H2,1H3;1H/t3-,4-,5-,6-,7+;/m0./s1. The van der Waals surface area contributed by atoms with E-state index in [9.17, 15) is 15.3 Å². The van der Waals surface area contributed by atoms with E-state index in [0.29, 0.717) is 0 Å². The highest BCUT2D eigenvalue weighted by atomic mass is 35.5. The lowest BCUT2D eigenvalue weighted by molar-refractivity contribution is -0.253. The first kappa shape index (κ1) is 14.1. The Morgan fingerprint density at radius 2 is 1.79 bits per heavy atom. The normalized spacial score (nSPS) is 43.1. The largest absolute Gasteiger partial charge is 0.394 e. The van der Waals surface area contributed by atoms with Crippen molar-refractivity contribution in [3.05, 3.63) is 0 Å². The molecule has 1 fully saturated rings. The molecule has 1 aliphatic rings. The zero-order valence-corrected chi connectivity index (χ0v) is 8.52. The van der Waals surface area contributed by atoms with Gasteiger partial charge in [-0.3, -0.25) is 0 Å². The van der Waals surface area contributed by atoms with Crippen LogP contribution in [0.5, 0.6) is 0 Å². The Morgan fingerprint density at radius 1 is 1.21 bits per heavy atom. The van der Waals surface area contributed by atoms with Gasteiger partial charge in [-0.05, 0) is 7.05 Å². The van der Waals surface area contributed by atoms with Gasteiger partial charge in [-0.1, -0.05) is 0 Å². The van der Waals surface area contributed by atoms with Gasteiger partial charge in [0.2, 0.25) is 0 Å². The minimum atomic E-state index is -1.22. The molecule has 5 atom stereocenters. The van der Waals surface area contributed by atoms with Crippen molar-refractivity contribution in [2.45, 2.75) is 30.6 Å².